The molecule has 0 saturated heterocycles. The summed E-state index contributed by atoms with van der Waals surface area (Å²) in [6.07, 6.45) is 2.74. The molecule has 10 heteroatoms. The van der Waals surface area contributed by atoms with Crippen molar-refractivity contribution in [2.45, 2.75) is 78.4 Å². The average Bonchev–Trinajstić information content (AvgIpc) is 2.96. The number of nitrogens with zero attached hydrogens (tertiary/aromatic N) is 3. The minimum Gasteiger partial charge on any atom is -0.477 e. The molecule has 0 unspecified atom stereocenters. The lowest BCUT2D eigenvalue weighted by Crippen LogP contribution is -2.40. The maximum absolute atomic E-state index is 15.3. The molecule has 1 N–H and O–H groups in total. The number of carbonyl (C=O) groups is 1. The molecule has 8 nitrogen and oxygen atoms in total. The third-order valence-corrected chi connectivity index (χ3v) is 6.31. The number of fused-ring (bicyclic) bond motifs is 3. The predicted molar refractivity (Wildman–Crippen MR) is 116 cm³/mol. The molecule has 0 bridgehead atoms. The number of ether oxygens (including phenoxy) is 2. The predicted octanol–water partition coefficient (Wildman–Crippen LogP) is 4.14. The van der Waals surface area contributed by atoms with Crippen molar-refractivity contribution in [2.75, 3.05) is 0 Å². The zero-order chi connectivity index (χ0) is 23.5. The first-order valence-corrected chi connectivity index (χ1v) is 11.0. The van der Waals surface area contributed by atoms with Crippen molar-refractivity contribution in [2.24, 2.45) is 5.41 Å². The lowest BCUT2D eigenvalue weighted by molar-refractivity contribution is -0.0860. The Morgan fingerprint density at radius 2 is 1.94 bits per heavy atom. The summed E-state index contributed by atoms with van der Waals surface area (Å²) >= 11 is 6.57. The standard InChI is InChI=1S/C22H27ClFN3O5/c1-10(2)31-11-6-12(7-11)32-20-15(23)17-18-16(24)19(28)13(21(29)30)8-26(18)14(22(3,4)5)9-27(17)25-20/h8,10-12,14H,6-7,9H2,1-5H3,(H,29,30)/t11?,12?,14-/m0/s1. The minimum absolute atomic E-state index is 0.0758. The number of hydrogen-bond acceptors (Lipinski definition) is 5. The molecule has 3 heterocycles. The van der Waals surface area contributed by atoms with E-state index < -0.39 is 28.2 Å². The zero-order valence-corrected chi connectivity index (χ0v) is 19.4. The lowest BCUT2D eigenvalue weighted by atomic mass is 9.85. The van der Waals surface area contributed by atoms with Crippen molar-refractivity contribution in [3.63, 3.8) is 0 Å². The first-order chi connectivity index (χ1) is 14.9. The molecule has 4 rings (SSSR count). The van der Waals surface area contributed by atoms with E-state index in [9.17, 15) is 14.7 Å². The van der Waals surface area contributed by atoms with Gasteiger partial charge in [0.15, 0.2) is 5.82 Å². The Morgan fingerprint density at radius 3 is 2.50 bits per heavy atom. The van der Waals surface area contributed by atoms with Crippen LogP contribution in [0.25, 0.3) is 11.4 Å². The van der Waals surface area contributed by atoms with Gasteiger partial charge in [0.05, 0.1) is 24.8 Å². The molecule has 0 radical (unpaired) electrons. The Bertz CT molecular complexity index is 1130. The van der Waals surface area contributed by atoms with Gasteiger partial charge in [-0.25, -0.2) is 9.18 Å². The van der Waals surface area contributed by atoms with Gasteiger partial charge < -0.3 is 19.1 Å². The number of halogens is 2. The Labute approximate surface area is 189 Å². The minimum atomic E-state index is -1.48. The monoisotopic (exact) mass is 467 g/mol. The third kappa shape index (κ3) is 3.81. The highest BCUT2D eigenvalue weighted by Gasteiger charge is 2.40. The molecule has 1 aliphatic carbocycles. The summed E-state index contributed by atoms with van der Waals surface area (Å²) in [7, 11) is 0. The van der Waals surface area contributed by atoms with Crippen molar-refractivity contribution in [1.82, 2.24) is 14.3 Å². The van der Waals surface area contributed by atoms with Gasteiger partial charge in [-0.3, -0.25) is 9.48 Å². The highest BCUT2D eigenvalue weighted by atomic mass is 35.5. The second-order valence-electron chi connectivity index (χ2n) is 9.80. The van der Waals surface area contributed by atoms with E-state index in [2.05, 4.69) is 5.10 Å². The van der Waals surface area contributed by atoms with E-state index in [0.29, 0.717) is 19.4 Å². The molecule has 2 aliphatic rings. The molecule has 32 heavy (non-hydrogen) atoms. The molecule has 0 aromatic carbocycles. The second-order valence-corrected chi connectivity index (χ2v) is 10.2. The Hall–Kier alpha value is -2.39. The largest absolute Gasteiger partial charge is 0.477 e. The molecular formula is C22H27ClFN3O5. The molecule has 0 spiro atoms. The van der Waals surface area contributed by atoms with Crippen LogP contribution in [-0.2, 0) is 11.3 Å². The molecule has 2 aromatic heterocycles. The van der Waals surface area contributed by atoms with Crippen LogP contribution in [0.3, 0.4) is 0 Å². The summed E-state index contributed by atoms with van der Waals surface area (Å²) in [5.41, 5.74) is -2.06. The number of hydrogen-bond donors (Lipinski definition) is 1. The van der Waals surface area contributed by atoms with Crippen LogP contribution in [0.2, 0.25) is 5.02 Å². The van der Waals surface area contributed by atoms with Crippen LogP contribution in [0.15, 0.2) is 11.0 Å². The molecule has 1 aliphatic heterocycles. The highest BCUT2D eigenvalue weighted by Crippen LogP contribution is 2.45. The zero-order valence-electron chi connectivity index (χ0n) is 18.7. The van der Waals surface area contributed by atoms with Crippen LogP contribution in [0, 0.1) is 11.2 Å². The third-order valence-electron chi connectivity index (χ3n) is 5.97. The number of carboxylic acid groups (broad SMARTS) is 1. The molecule has 0 amide bonds. The molecule has 174 valence electrons. The summed E-state index contributed by atoms with van der Waals surface area (Å²) in [5.74, 6) is -2.47. The SMILES string of the molecule is CC(C)OC1CC(Oc2nn3c(c2Cl)-c2c(F)c(=O)c(C(=O)O)cn2[C@H](C(C)(C)C)C3)C1. The van der Waals surface area contributed by atoms with E-state index in [1.54, 1.807) is 4.68 Å². The van der Waals surface area contributed by atoms with Gasteiger partial charge in [-0.2, -0.15) is 0 Å². The van der Waals surface area contributed by atoms with Crippen molar-refractivity contribution < 1.29 is 23.8 Å². The summed E-state index contributed by atoms with van der Waals surface area (Å²) < 4.78 is 30.1. The lowest BCUT2D eigenvalue weighted by Gasteiger charge is -2.38. The topological polar surface area (TPSA) is 95.6 Å². The van der Waals surface area contributed by atoms with E-state index in [4.69, 9.17) is 21.1 Å². The van der Waals surface area contributed by atoms with Crippen LogP contribution in [0.5, 0.6) is 5.88 Å². The van der Waals surface area contributed by atoms with Gasteiger partial charge in [0.25, 0.3) is 5.88 Å². The van der Waals surface area contributed by atoms with E-state index in [0.717, 1.165) is 0 Å². The summed E-state index contributed by atoms with van der Waals surface area (Å²) in [6, 6.07) is -0.366. The fourth-order valence-electron chi connectivity index (χ4n) is 4.29. The van der Waals surface area contributed by atoms with E-state index in [1.165, 1.54) is 10.8 Å². The van der Waals surface area contributed by atoms with Crippen molar-refractivity contribution >= 4 is 17.6 Å². The smallest absolute Gasteiger partial charge is 0.341 e. The van der Waals surface area contributed by atoms with Crippen LogP contribution in [0.4, 0.5) is 4.39 Å². The highest BCUT2D eigenvalue weighted by molar-refractivity contribution is 6.34. The van der Waals surface area contributed by atoms with Gasteiger partial charge >= 0.3 is 5.97 Å². The number of rotatable bonds is 5. The van der Waals surface area contributed by atoms with Gasteiger partial charge in [-0.05, 0) is 19.3 Å². The number of aromatic nitrogens is 3. The summed E-state index contributed by atoms with van der Waals surface area (Å²) in [4.78, 5) is 24.0. The Balaban J connectivity index is 1.76. The maximum Gasteiger partial charge on any atom is 0.341 e. The normalized spacial score (nSPS) is 22.3. The first kappa shape index (κ1) is 22.8. The van der Waals surface area contributed by atoms with Crippen LogP contribution in [0.1, 0.15) is 63.9 Å². The van der Waals surface area contributed by atoms with Crippen molar-refractivity contribution in [1.29, 1.82) is 0 Å². The fraction of sp³-hybridized carbons (Fsp3) is 0.591. The van der Waals surface area contributed by atoms with Gasteiger partial charge in [-0.1, -0.05) is 32.4 Å². The molecule has 1 fully saturated rings. The van der Waals surface area contributed by atoms with Crippen LogP contribution >= 0.6 is 11.6 Å². The molecule has 1 saturated carbocycles. The van der Waals surface area contributed by atoms with Crippen LogP contribution < -0.4 is 10.2 Å². The molecular weight excluding hydrogens is 441 g/mol. The second kappa shape index (κ2) is 7.88. The van der Waals surface area contributed by atoms with E-state index >= 15 is 4.39 Å². The fourth-order valence-corrected chi connectivity index (χ4v) is 4.56. The van der Waals surface area contributed by atoms with Gasteiger partial charge in [0.1, 0.15) is 28.1 Å². The molecule has 1 atom stereocenters. The number of carboxylic acids is 1. The molecule has 2 aromatic rings. The number of aromatic carboxylic acids is 1. The van der Waals surface area contributed by atoms with Crippen LogP contribution in [-0.4, -0.2) is 43.7 Å². The van der Waals surface area contributed by atoms with Gasteiger partial charge in [0.2, 0.25) is 5.43 Å². The Kier molecular flexibility index (Phi) is 5.61. The van der Waals surface area contributed by atoms with Gasteiger partial charge in [0, 0.05) is 19.0 Å². The van der Waals surface area contributed by atoms with Crippen molar-refractivity contribution in [3.8, 4) is 17.3 Å². The average molecular weight is 468 g/mol. The summed E-state index contributed by atoms with van der Waals surface area (Å²) in [5, 5.41) is 14.0. The Morgan fingerprint density at radius 1 is 1.28 bits per heavy atom. The maximum atomic E-state index is 15.3. The van der Waals surface area contributed by atoms with E-state index in [-0.39, 0.29) is 46.6 Å². The van der Waals surface area contributed by atoms with Crippen molar-refractivity contribution in [3.05, 3.63) is 32.8 Å². The quantitative estimate of drug-likeness (QED) is 0.710. The van der Waals surface area contributed by atoms with E-state index in [1.807, 2.05) is 34.6 Å². The van der Waals surface area contributed by atoms with Gasteiger partial charge in [-0.15, -0.1) is 5.10 Å². The number of pyridine rings is 1. The summed E-state index contributed by atoms with van der Waals surface area (Å²) in [6.45, 7) is 10.1. The first-order valence-electron chi connectivity index (χ1n) is 10.6.